The second kappa shape index (κ2) is 16.5. The molecule has 0 radical (unpaired) electrons. The number of nitrogens with two attached hydrogens (primary N) is 1. The first-order valence-electron chi connectivity index (χ1n) is 14.8. The number of aldehydes is 1. The lowest BCUT2D eigenvalue weighted by atomic mass is 9.76. The maximum absolute atomic E-state index is 12.3. The highest BCUT2D eigenvalue weighted by atomic mass is 35.5. The molecule has 3 N–H and O–H groups in total. The van der Waals surface area contributed by atoms with Crippen LogP contribution in [0.1, 0.15) is 84.6 Å². The fourth-order valence-corrected chi connectivity index (χ4v) is 5.23. The Labute approximate surface area is 267 Å². The van der Waals surface area contributed by atoms with Crippen molar-refractivity contribution in [2.24, 2.45) is 0 Å². The van der Waals surface area contributed by atoms with Crippen LogP contribution in [0.3, 0.4) is 0 Å². The molecule has 1 aromatic heterocycles. The Hall–Kier alpha value is -4.29. The maximum Gasteiger partial charge on any atom is 0.303 e. The third kappa shape index (κ3) is 8.87. The highest BCUT2D eigenvalue weighted by molar-refractivity contribution is 6.30. The minimum Gasteiger partial charge on any atom is -0.481 e. The van der Waals surface area contributed by atoms with E-state index in [9.17, 15) is 9.59 Å². The summed E-state index contributed by atoms with van der Waals surface area (Å²) in [7, 11) is 0. The van der Waals surface area contributed by atoms with E-state index in [-0.39, 0.29) is 12.2 Å². The summed E-state index contributed by atoms with van der Waals surface area (Å²) in [6.07, 6.45) is 2.44. The molecular weight excluding hydrogens is 570 g/mol. The van der Waals surface area contributed by atoms with E-state index < -0.39 is 11.4 Å². The Morgan fingerprint density at radius 1 is 1.00 bits per heavy atom. The Bertz CT molecular complexity index is 1580. The van der Waals surface area contributed by atoms with E-state index in [1.54, 1.807) is 19.9 Å². The molecular formula is C37H44ClN3O3. The van der Waals surface area contributed by atoms with Crippen LogP contribution in [0.25, 0.3) is 5.57 Å². The minimum atomic E-state index is -1.07. The molecule has 7 heteroatoms. The number of aliphatic carboxylic acids is 1. The average Bonchev–Trinajstić information content (AvgIpc) is 3.01. The normalized spacial score (nSPS) is 11.6. The molecule has 0 aliphatic rings. The highest BCUT2D eigenvalue weighted by Gasteiger charge is 2.34. The first-order valence-corrected chi connectivity index (χ1v) is 15.2. The lowest BCUT2D eigenvalue weighted by Crippen LogP contribution is -2.29. The lowest BCUT2D eigenvalue weighted by molar-refractivity contribution is -0.137. The van der Waals surface area contributed by atoms with Crippen LogP contribution in [0.5, 0.6) is 0 Å². The third-order valence-electron chi connectivity index (χ3n) is 7.48. The van der Waals surface area contributed by atoms with Gasteiger partial charge >= 0.3 is 5.97 Å². The van der Waals surface area contributed by atoms with Gasteiger partial charge in [-0.25, -0.2) is 9.97 Å². The minimum absolute atomic E-state index is 0.0443. The monoisotopic (exact) mass is 613 g/mol. The van der Waals surface area contributed by atoms with Crippen molar-refractivity contribution in [3.63, 3.8) is 0 Å². The van der Waals surface area contributed by atoms with Crippen LogP contribution in [0, 0.1) is 20.8 Å². The van der Waals surface area contributed by atoms with Gasteiger partial charge in [-0.05, 0) is 86.1 Å². The van der Waals surface area contributed by atoms with Gasteiger partial charge < -0.3 is 15.6 Å². The zero-order chi connectivity index (χ0) is 33.0. The number of halogens is 1. The fraction of sp³-hybridized carbons (Fsp3) is 0.297. The predicted molar refractivity (Wildman–Crippen MR) is 182 cm³/mol. The molecule has 4 aromatic rings. The molecule has 0 aliphatic heterocycles. The number of carboxylic acids is 1. The van der Waals surface area contributed by atoms with Crippen molar-refractivity contribution in [3.05, 3.63) is 129 Å². The number of carbonyl (C=O) groups is 2. The molecule has 3 aromatic carbocycles. The van der Waals surface area contributed by atoms with E-state index >= 15 is 0 Å². The first kappa shape index (κ1) is 35.9. The Balaban J connectivity index is 0.000000519. The number of aryl methyl sites for hydroxylation is 5. The van der Waals surface area contributed by atoms with Crippen molar-refractivity contribution < 1.29 is 14.7 Å². The first-order chi connectivity index (χ1) is 20.9. The number of nitrogens with zero attached hydrogens (tertiary/aromatic N) is 2. The van der Waals surface area contributed by atoms with Gasteiger partial charge in [-0.3, -0.25) is 4.79 Å². The summed E-state index contributed by atoms with van der Waals surface area (Å²) < 4.78 is 0. The van der Waals surface area contributed by atoms with Crippen LogP contribution >= 0.6 is 11.6 Å². The standard InChI is InChI=1S/C26H26ClN3O3.C9H12.C2H6/c1-15-13-20(27)10-11-21(15)16(2)25-29-17(3)23(24(28)30-25)26(4,14-31)19-8-5-18(6-9-19)7-12-22(32)33;1-3-9-7-5-4-6-8(9)2;1-2/h5-6,8-11,13-14H,2,7,12H2,1,3-4H3,(H,32,33)(H2,28,29,30);4-7H,3H2,1-2H3;1-2H3/t26-;;/m0../s1. The van der Waals surface area contributed by atoms with Crippen molar-refractivity contribution in [3.8, 4) is 0 Å². The van der Waals surface area contributed by atoms with E-state index in [4.69, 9.17) is 22.4 Å². The van der Waals surface area contributed by atoms with Gasteiger partial charge in [0.25, 0.3) is 0 Å². The van der Waals surface area contributed by atoms with Crippen LogP contribution in [0.15, 0.2) is 73.3 Å². The Morgan fingerprint density at radius 3 is 2.14 bits per heavy atom. The van der Waals surface area contributed by atoms with Gasteiger partial charge in [0.15, 0.2) is 5.82 Å². The topological polar surface area (TPSA) is 106 Å². The molecule has 0 fully saturated rings. The third-order valence-corrected chi connectivity index (χ3v) is 7.71. The lowest BCUT2D eigenvalue weighted by Gasteiger charge is -2.27. The number of hydrogen-bond donors (Lipinski definition) is 2. The number of aromatic nitrogens is 2. The number of rotatable bonds is 9. The van der Waals surface area contributed by atoms with Crippen LogP contribution in [0.2, 0.25) is 5.02 Å². The second-order valence-electron chi connectivity index (χ2n) is 10.5. The molecule has 232 valence electrons. The van der Waals surface area contributed by atoms with Gasteiger partial charge in [-0.15, -0.1) is 0 Å². The molecule has 1 atom stereocenters. The summed E-state index contributed by atoms with van der Waals surface area (Å²) in [4.78, 5) is 32.3. The Kier molecular flexibility index (Phi) is 13.5. The number of anilines is 1. The zero-order valence-electron chi connectivity index (χ0n) is 26.9. The number of hydrogen-bond acceptors (Lipinski definition) is 5. The summed E-state index contributed by atoms with van der Waals surface area (Å²) >= 11 is 6.06. The van der Waals surface area contributed by atoms with Gasteiger partial charge in [0.05, 0.1) is 5.41 Å². The van der Waals surface area contributed by atoms with E-state index in [0.717, 1.165) is 35.0 Å². The van der Waals surface area contributed by atoms with E-state index in [2.05, 4.69) is 54.7 Å². The SMILES string of the molecule is C=C(c1nc(C)c([C@@](C)(C=O)c2ccc(CCC(=O)O)cc2)c(N)n1)c1ccc(Cl)cc1C.CC.CCc1ccccc1C. The zero-order valence-corrected chi connectivity index (χ0v) is 27.6. The van der Waals surface area contributed by atoms with E-state index in [1.165, 1.54) is 11.1 Å². The molecule has 0 unspecified atom stereocenters. The molecule has 1 heterocycles. The maximum atomic E-state index is 12.3. The van der Waals surface area contributed by atoms with Crippen molar-refractivity contribution in [2.75, 3.05) is 5.73 Å². The van der Waals surface area contributed by atoms with Crippen molar-refractivity contribution in [2.45, 2.75) is 73.1 Å². The summed E-state index contributed by atoms with van der Waals surface area (Å²) in [6, 6.07) is 21.3. The van der Waals surface area contributed by atoms with Gasteiger partial charge in [-0.1, -0.05) is 93.5 Å². The van der Waals surface area contributed by atoms with Crippen LogP contribution < -0.4 is 5.73 Å². The number of carboxylic acid groups (broad SMARTS) is 1. The van der Waals surface area contributed by atoms with Crippen molar-refractivity contribution in [1.29, 1.82) is 0 Å². The molecule has 0 spiro atoms. The predicted octanol–water partition coefficient (Wildman–Crippen LogP) is 8.50. The van der Waals surface area contributed by atoms with Crippen LogP contribution in [-0.2, 0) is 27.8 Å². The summed E-state index contributed by atoms with van der Waals surface area (Å²) in [6.45, 7) is 18.0. The smallest absolute Gasteiger partial charge is 0.303 e. The molecule has 6 nitrogen and oxygen atoms in total. The fourth-order valence-electron chi connectivity index (χ4n) is 5.01. The van der Waals surface area contributed by atoms with E-state index in [0.29, 0.717) is 34.1 Å². The molecule has 44 heavy (non-hydrogen) atoms. The van der Waals surface area contributed by atoms with Gasteiger partial charge in [0, 0.05) is 28.3 Å². The molecule has 0 saturated heterocycles. The van der Waals surface area contributed by atoms with Gasteiger partial charge in [0.2, 0.25) is 0 Å². The van der Waals surface area contributed by atoms with Crippen LogP contribution in [-0.4, -0.2) is 27.3 Å². The van der Waals surface area contributed by atoms with Crippen molar-refractivity contribution in [1.82, 2.24) is 9.97 Å². The van der Waals surface area contributed by atoms with Crippen LogP contribution in [0.4, 0.5) is 5.82 Å². The van der Waals surface area contributed by atoms with Gasteiger partial charge in [0.1, 0.15) is 12.1 Å². The molecule has 0 amide bonds. The van der Waals surface area contributed by atoms with Gasteiger partial charge in [-0.2, -0.15) is 0 Å². The average molecular weight is 614 g/mol. The number of benzene rings is 3. The molecule has 0 bridgehead atoms. The molecule has 0 aliphatic carbocycles. The summed E-state index contributed by atoms with van der Waals surface area (Å²) in [5, 5.41) is 9.51. The number of nitrogen functional groups attached to an aromatic ring is 1. The molecule has 4 rings (SSSR count). The highest BCUT2D eigenvalue weighted by Crippen LogP contribution is 2.36. The largest absolute Gasteiger partial charge is 0.481 e. The number of carbonyl (C=O) groups excluding carboxylic acids is 1. The van der Waals surface area contributed by atoms with Crippen molar-refractivity contribution >= 4 is 35.2 Å². The summed E-state index contributed by atoms with van der Waals surface area (Å²) in [5.74, 6) is -0.265. The Morgan fingerprint density at radius 2 is 1.64 bits per heavy atom. The molecule has 0 saturated carbocycles. The van der Waals surface area contributed by atoms with E-state index in [1.807, 2.05) is 57.2 Å². The quantitative estimate of drug-likeness (QED) is 0.183. The summed E-state index contributed by atoms with van der Waals surface area (Å²) in [5.41, 5.74) is 13.3. The second-order valence-corrected chi connectivity index (χ2v) is 11.0.